The number of benzene rings is 2. The number of ether oxygens (including phenoxy) is 2. The van der Waals surface area contributed by atoms with Crippen molar-refractivity contribution in [3.8, 4) is 11.5 Å². The van der Waals surface area contributed by atoms with Crippen LogP contribution in [0.5, 0.6) is 11.5 Å². The minimum Gasteiger partial charge on any atom is -0.508 e. The molecule has 5 heteroatoms. The minimum absolute atomic E-state index is 0.0196. The van der Waals surface area contributed by atoms with E-state index in [0.29, 0.717) is 36.0 Å². The smallest absolute Gasteiger partial charge is 0.302 e. The highest BCUT2D eigenvalue weighted by atomic mass is 35.5. The summed E-state index contributed by atoms with van der Waals surface area (Å²) in [5.41, 5.74) is 2.53. The molecule has 2 aliphatic rings. The maximum Gasteiger partial charge on any atom is 0.302 e. The number of unbranched alkanes of at least 4 members (excludes halogenated alkanes) is 2. The average Bonchev–Trinajstić information content (AvgIpc) is 3.13. The van der Waals surface area contributed by atoms with Crippen LogP contribution in [0.25, 0.3) is 0 Å². The van der Waals surface area contributed by atoms with Gasteiger partial charge in [-0.1, -0.05) is 31.2 Å². The van der Waals surface area contributed by atoms with Gasteiger partial charge in [0.05, 0.1) is 6.61 Å². The van der Waals surface area contributed by atoms with Crippen LogP contribution in [0.4, 0.5) is 0 Å². The van der Waals surface area contributed by atoms with Crippen molar-refractivity contribution >= 4 is 17.6 Å². The first-order chi connectivity index (χ1) is 16.4. The van der Waals surface area contributed by atoms with E-state index >= 15 is 0 Å². The maximum absolute atomic E-state index is 11.8. The molecule has 2 aromatic rings. The first kappa shape index (κ1) is 24.9. The molecule has 0 saturated heterocycles. The van der Waals surface area contributed by atoms with Crippen LogP contribution in [0.15, 0.2) is 48.5 Å². The summed E-state index contributed by atoms with van der Waals surface area (Å²) in [6.45, 7) is 4.54. The zero-order valence-corrected chi connectivity index (χ0v) is 21.1. The highest BCUT2D eigenvalue weighted by molar-refractivity contribution is 6.17. The Labute approximate surface area is 208 Å². The van der Waals surface area contributed by atoms with E-state index in [1.807, 2.05) is 0 Å². The predicted octanol–water partition coefficient (Wildman–Crippen LogP) is 7.19. The van der Waals surface area contributed by atoms with Gasteiger partial charge in [-0.25, -0.2) is 0 Å². The molecule has 0 unspecified atom stereocenters. The van der Waals surface area contributed by atoms with E-state index in [9.17, 15) is 9.90 Å². The Balaban J connectivity index is 1.56. The normalized spacial score (nSPS) is 28.3. The molecule has 4 rings (SSSR count). The molecule has 0 amide bonds. The fourth-order valence-electron chi connectivity index (χ4n) is 6.26. The lowest BCUT2D eigenvalue weighted by Crippen LogP contribution is -2.42. The molecule has 0 heterocycles. The zero-order valence-electron chi connectivity index (χ0n) is 20.3. The molecule has 0 radical (unpaired) electrons. The van der Waals surface area contributed by atoms with Crippen molar-refractivity contribution in [2.45, 2.75) is 76.7 Å². The van der Waals surface area contributed by atoms with Gasteiger partial charge in [-0.15, -0.1) is 11.6 Å². The van der Waals surface area contributed by atoms with Gasteiger partial charge in [0.15, 0.2) is 0 Å². The highest BCUT2D eigenvalue weighted by Gasteiger charge is 2.54. The van der Waals surface area contributed by atoms with Gasteiger partial charge < -0.3 is 14.6 Å². The summed E-state index contributed by atoms with van der Waals surface area (Å²) in [5, 5.41) is 9.83. The van der Waals surface area contributed by atoms with E-state index in [0.717, 1.165) is 50.7 Å². The van der Waals surface area contributed by atoms with Gasteiger partial charge in [-0.05, 0) is 98.1 Å². The number of phenolic OH excluding ortho intramolecular Hbond substituents is 1. The largest absolute Gasteiger partial charge is 0.508 e. The van der Waals surface area contributed by atoms with Crippen molar-refractivity contribution in [1.29, 1.82) is 0 Å². The summed E-state index contributed by atoms with van der Waals surface area (Å²) in [4.78, 5) is 11.8. The number of alkyl halides is 1. The topological polar surface area (TPSA) is 55.8 Å². The summed E-state index contributed by atoms with van der Waals surface area (Å²) in [6, 6.07) is 16.3. The van der Waals surface area contributed by atoms with Crippen molar-refractivity contribution in [3.05, 3.63) is 59.7 Å². The lowest BCUT2D eigenvalue weighted by atomic mass is 9.58. The number of halogens is 1. The van der Waals surface area contributed by atoms with Crippen LogP contribution in [0, 0.1) is 11.3 Å². The van der Waals surface area contributed by atoms with Crippen LogP contribution in [0.2, 0.25) is 0 Å². The van der Waals surface area contributed by atoms with Crippen molar-refractivity contribution in [1.82, 2.24) is 0 Å². The van der Waals surface area contributed by atoms with Crippen molar-refractivity contribution in [3.63, 3.8) is 0 Å². The van der Waals surface area contributed by atoms with Crippen LogP contribution in [-0.4, -0.2) is 29.7 Å². The molecular formula is C29H37ClO4. The third kappa shape index (κ3) is 5.54. The second-order valence-corrected chi connectivity index (χ2v) is 10.7. The van der Waals surface area contributed by atoms with E-state index in [4.69, 9.17) is 21.1 Å². The van der Waals surface area contributed by atoms with Gasteiger partial charge in [0.25, 0.3) is 0 Å². The lowest BCUT2D eigenvalue weighted by Gasteiger charge is -2.47. The molecule has 184 valence electrons. The lowest BCUT2D eigenvalue weighted by molar-refractivity contribution is -0.153. The summed E-state index contributed by atoms with van der Waals surface area (Å²) in [6.07, 6.45) is 7.16. The number of aromatic hydroxyl groups is 1. The molecule has 0 aliphatic heterocycles. The molecule has 2 aromatic carbocycles. The first-order valence-corrected chi connectivity index (χ1v) is 13.2. The van der Waals surface area contributed by atoms with E-state index < -0.39 is 0 Å². The van der Waals surface area contributed by atoms with Gasteiger partial charge >= 0.3 is 5.97 Å². The summed E-state index contributed by atoms with van der Waals surface area (Å²) in [5.74, 6) is 2.89. The fraction of sp³-hybridized carbons (Fsp3) is 0.552. The Morgan fingerprint density at radius 3 is 2.35 bits per heavy atom. The Hall–Kier alpha value is -2.20. The standard InChI is InChI=1S/C29H37ClO4/c1-20(31)34-28-15-10-23-18-26(21-6-11-24(32)12-7-21)27(19-29(23,28)2)22-8-13-25(14-9-22)33-17-5-3-4-16-30/h6-9,11-14,23,26-28,32H,3-5,10,15-19H2,1-2H3/t23-,26-,27+,28-,29-/m0/s1. The molecule has 2 saturated carbocycles. The van der Waals surface area contributed by atoms with Gasteiger partial charge in [0, 0.05) is 18.2 Å². The van der Waals surface area contributed by atoms with E-state index in [1.54, 1.807) is 12.1 Å². The molecule has 2 aliphatic carbocycles. The number of fused-ring (bicyclic) bond motifs is 1. The van der Waals surface area contributed by atoms with Crippen molar-refractivity contribution in [2.75, 3.05) is 12.5 Å². The van der Waals surface area contributed by atoms with E-state index in [1.165, 1.54) is 18.1 Å². The van der Waals surface area contributed by atoms with Gasteiger partial charge in [-0.2, -0.15) is 0 Å². The van der Waals surface area contributed by atoms with Crippen LogP contribution < -0.4 is 4.74 Å². The second kappa shape index (κ2) is 11.0. The number of hydrogen-bond acceptors (Lipinski definition) is 4. The molecular weight excluding hydrogens is 448 g/mol. The molecule has 2 fully saturated rings. The van der Waals surface area contributed by atoms with Gasteiger partial charge in [0.2, 0.25) is 0 Å². The van der Waals surface area contributed by atoms with E-state index in [-0.39, 0.29) is 17.5 Å². The molecule has 0 spiro atoms. The van der Waals surface area contributed by atoms with Crippen LogP contribution in [0.3, 0.4) is 0 Å². The van der Waals surface area contributed by atoms with Gasteiger partial charge in [0.1, 0.15) is 17.6 Å². The second-order valence-electron chi connectivity index (χ2n) is 10.3. The first-order valence-electron chi connectivity index (χ1n) is 12.7. The zero-order chi connectivity index (χ0) is 24.1. The average molecular weight is 485 g/mol. The Morgan fingerprint density at radius 1 is 1.00 bits per heavy atom. The third-order valence-corrected chi connectivity index (χ3v) is 8.38. The number of hydrogen-bond donors (Lipinski definition) is 1. The fourth-order valence-corrected chi connectivity index (χ4v) is 6.44. The van der Waals surface area contributed by atoms with Crippen molar-refractivity contribution in [2.24, 2.45) is 11.3 Å². The molecule has 0 aromatic heterocycles. The summed E-state index contributed by atoms with van der Waals surface area (Å²) in [7, 11) is 0. The minimum atomic E-state index is -0.184. The number of carbonyl (C=O) groups is 1. The monoisotopic (exact) mass is 484 g/mol. The molecule has 5 atom stereocenters. The SMILES string of the molecule is CC(=O)O[C@H]1CC[C@H]2C[C@@H](c3ccc(O)cc3)[C@@H](c3ccc(OCCCCCCl)cc3)C[C@@]21C. The maximum atomic E-state index is 11.8. The Morgan fingerprint density at radius 2 is 1.68 bits per heavy atom. The molecule has 34 heavy (non-hydrogen) atoms. The van der Waals surface area contributed by atoms with Crippen LogP contribution >= 0.6 is 11.6 Å². The summed E-state index contributed by atoms with van der Waals surface area (Å²) >= 11 is 5.75. The highest BCUT2D eigenvalue weighted by Crippen LogP contribution is 2.61. The van der Waals surface area contributed by atoms with Crippen molar-refractivity contribution < 1.29 is 19.4 Å². The Kier molecular flexibility index (Phi) is 8.08. The summed E-state index contributed by atoms with van der Waals surface area (Å²) < 4.78 is 11.8. The number of carbonyl (C=O) groups excluding carboxylic acids is 1. The van der Waals surface area contributed by atoms with Gasteiger partial charge in [-0.3, -0.25) is 4.79 Å². The number of esters is 1. The quantitative estimate of drug-likeness (QED) is 0.232. The molecule has 1 N–H and O–H groups in total. The number of rotatable bonds is 9. The van der Waals surface area contributed by atoms with Crippen LogP contribution in [0.1, 0.15) is 81.8 Å². The van der Waals surface area contributed by atoms with Crippen LogP contribution in [-0.2, 0) is 9.53 Å². The predicted molar refractivity (Wildman–Crippen MR) is 136 cm³/mol. The molecule has 4 nitrogen and oxygen atoms in total. The molecule has 0 bridgehead atoms. The third-order valence-electron chi connectivity index (χ3n) is 8.11. The van der Waals surface area contributed by atoms with E-state index in [2.05, 4.69) is 43.3 Å². The Bertz CT molecular complexity index is 942. The number of phenols is 1.